The maximum Gasteiger partial charge on any atom is 0.451 e. The Kier molecular flexibility index (Phi) is 7.22. The third-order valence-corrected chi connectivity index (χ3v) is 7.83. The number of fused-ring (bicyclic) bond motifs is 1. The minimum Gasteiger partial charge on any atom is -0.481 e. The highest BCUT2D eigenvalue weighted by molar-refractivity contribution is 6.40. The van der Waals surface area contributed by atoms with Crippen LogP contribution in [0, 0.1) is 11.7 Å². The first-order chi connectivity index (χ1) is 15.8. The van der Waals surface area contributed by atoms with Gasteiger partial charge in [-0.25, -0.2) is 4.39 Å². The molecule has 0 radical (unpaired) electrons. The number of halogens is 1. The van der Waals surface area contributed by atoms with E-state index in [1.54, 1.807) is 13.0 Å². The summed E-state index contributed by atoms with van der Waals surface area (Å²) in [5.74, 6) is -0.837. The maximum atomic E-state index is 15.0. The summed E-state index contributed by atoms with van der Waals surface area (Å²) in [5, 5.41) is 28.4. The molecule has 1 aliphatic carbocycles. The molecule has 176 valence electrons. The molecule has 3 N–H and O–H groups in total. The Morgan fingerprint density at radius 1 is 1.18 bits per heavy atom. The lowest BCUT2D eigenvalue weighted by Gasteiger charge is -2.33. The molecule has 7 heteroatoms. The van der Waals surface area contributed by atoms with Crippen LogP contribution in [0.4, 0.5) is 4.39 Å². The summed E-state index contributed by atoms with van der Waals surface area (Å²) in [6, 6.07) is 13.8. The summed E-state index contributed by atoms with van der Waals surface area (Å²) in [4.78, 5) is 14.6. The van der Waals surface area contributed by atoms with Crippen LogP contribution < -0.4 is 0 Å². The highest BCUT2D eigenvalue weighted by Crippen LogP contribution is 2.47. The summed E-state index contributed by atoms with van der Waals surface area (Å²) in [6.45, 7) is 3.99. The van der Waals surface area contributed by atoms with Crippen molar-refractivity contribution in [1.29, 1.82) is 0 Å². The van der Waals surface area contributed by atoms with Crippen molar-refractivity contribution in [2.75, 3.05) is 13.1 Å². The summed E-state index contributed by atoms with van der Waals surface area (Å²) < 4.78 is 15.0. The highest BCUT2D eigenvalue weighted by Gasteiger charge is 2.49. The van der Waals surface area contributed by atoms with Crippen LogP contribution in [0.25, 0.3) is 0 Å². The first-order valence-electron chi connectivity index (χ1n) is 12.0. The van der Waals surface area contributed by atoms with E-state index in [-0.39, 0.29) is 18.1 Å². The minimum atomic E-state index is -1.39. The van der Waals surface area contributed by atoms with Crippen LogP contribution in [-0.2, 0) is 23.2 Å². The zero-order valence-electron chi connectivity index (χ0n) is 19.2. The average Bonchev–Trinajstić information content (AvgIpc) is 3.07. The number of hydrogen-bond acceptors (Lipinski definition) is 4. The van der Waals surface area contributed by atoms with Crippen molar-refractivity contribution in [2.24, 2.45) is 5.92 Å². The molecule has 0 saturated carbocycles. The van der Waals surface area contributed by atoms with Crippen LogP contribution in [0.5, 0.6) is 0 Å². The normalized spacial score (nSPS) is 23.5. The molecule has 2 aromatic rings. The topological polar surface area (TPSA) is 81.0 Å². The van der Waals surface area contributed by atoms with Crippen LogP contribution in [0.2, 0.25) is 6.32 Å². The Balaban J connectivity index is 1.47. The molecular formula is C26H33BFNO4. The van der Waals surface area contributed by atoms with E-state index >= 15 is 4.39 Å². The Hall–Kier alpha value is -2.22. The zero-order valence-corrected chi connectivity index (χ0v) is 19.2. The van der Waals surface area contributed by atoms with E-state index in [0.29, 0.717) is 42.9 Å². The van der Waals surface area contributed by atoms with E-state index < -0.39 is 18.5 Å². The van der Waals surface area contributed by atoms with Gasteiger partial charge in [-0.3, -0.25) is 9.69 Å². The second-order valence-corrected chi connectivity index (χ2v) is 9.88. The lowest BCUT2D eigenvalue weighted by molar-refractivity contribution is -0.145. The number of nitrogens with zero attached hydrogens (tertiary/aromatic N) is 1. The van der Waals surface area contributed by atoms with E-state index in [1.165, 1.54) is 11.6 Å². The van der Waals surface area contributed by atoms with Gasteiger partial charge in [0.15, 0.2) is 0 Å². The van der Waals surface area contributed by atoms with Gasteiger partial charge in [0.1, 0.15) is 5.82 Å². The Bertz CT molecular complexity index is 978. The van der Waals surface area contributed by atoms with Gasteiger partial charge in [-0.1, -0.05) is 42.8 Å². The van der Waals surface area contributed by atoms with Gasteiger partial charge in [0, 0.05) is 12.1 Å². The van der Waals surface area contributed by atoms with Crippen LogP contribution in [0.1, 0.15) is 60.8 Å². The molecule has 2 aromatic carbocycles. The van der Waals surface area contributed by atoms with E-state index in [4.69, 9.17) is 10.0 Å². The van der Waals surface area contributed by atoms with E-state index in [9.17, 15) is 9.90 Å². The van der Waals surface area contributed by atoms with Crippen molar-refractivity contribution in [3.05, 3.63) is 70.5 Å². The number of aliphatic carboxylic acids is 1. The Morgan fingerprint density at radius 3 is 2.52 bits per heavy atom. The average molecular weight is 453 g/mol. The van der Waals surface area contributed by atoms with Crippen molar-refractivity contribution >= 4 is 13.1 Å². The molecule has 1 heterocycles. The molecule has 33 heavy (non-hydrogen) atoms. The molecule has 1 aliphatic heterocycles. The van der Waals surface area contributed by atoms with Crippen LogP contribution >= 0.6 is 0 Å². The van der Waals surface area contributed by atoms with Gasteiger partial charge in [-0.2, -0.15) is 0 Å². The molecule has 1 saturated heterocycles. The van der Waals surface area contributed by atoms with Crippen molar-refractivity contribution in [3.63, 3.8) is 0 Å². The molecule has 0 amide bonds. The molecule has 4 rings (SSSR count). The summed E-state index contributed by atoms with van der Waals surface area (Å²) in [7, 11) is -1.39. The third-order valence-electron chi connectivity index (χ3n) is 7.83. The fourth-order valence-electron chi connectivity index (χ4n) is 5.74. The van der Waals surface area contributed by atoms with E-state index in [2.05, 4.69) is 29.2 Å². The van der Waals surface area contributed by atoms with Crippen LogP contribution in [0.3, 0.4) is 0 Å². The molecular weight excluding hydrogens is 420 g/mol. The SMILES string of the molecule is C[C@@]1(C(=O)O)c2cc(CN3CCC(c4ccccc4)CC3)c(F)cc2C[C@@H]1CCCB(O)O. The van der Waals surface area contributed by atoms with Gasteiger partial charge >= 0.3 is 13.1 Å². The maximum absolute atomic E-state index is 15.0. The number of carboxylic acids is 1. The number of hydrogen-bond donors (Lipinski definition) is 3. The van der Waals surface area contributed by atoms with E-state index in [0.717, 1.165) is 31.5 Å². The van der Waals surface area contributed by atoms with Crippen molar-refractivity contribution in [2.45, 2.75) is 63.2 Å². The van der Waals surface area contributed by atoms with Gasteiger partial charge in [0.2, 0.25) is 0 Å². The number of rotatable bonds is 8. The molecule has 0 spiro atoms. The summed E-state index contributed by atoms with van der Waals surface area (Å²) >= 11 is 0. The minimum absolute atomic E-state index is 0.194. The van der Waals surface area contributed by atoms with Crippen LogP contribution in [-0.4, -0.2) is 46.2 Å². The Morgan fingerprint density at radius 2 is 1.88 bits per heavy atom. The van der Waals surface area contributed by atoms with Crippen LogP contribution in [0.15, 0.2) is 42.5 Å². The molecule has 1 fully saturated rings. The first-order valence-corrected chi connectivity index (χ1v) is 12.0. The lowest BCUT2D eigenvalue weighted by Crippen LogP contribution is -2.37. The standard InChI is InChI=1S/C26H33BFNO4/c1-26(25(30)31)22(8-5-11-27(32)33)14-20-16-24(28)21(15-23(20)26)17-29-12-9-19(10-13-29)18-6-3-2-4-7-18/h2-4,6-7,15-16,19,22,32-33H,5,8-14,17H2,1H3,(H,30,31)/t22-,26-/m0/s1. The third kappa shape index (κ3) is 5.00. The van der Waals surface area contributed by atoms with Gasteiger partial charge in [-0.05, 0) is 86.6 Å². The molecule has 0 aromatic heterocycles. The second-order valence-electron chi connectivity index (χ2n) is 9.88. The van der Waals surface area contributed by atoms with Gasteiger partial charge in [0.05, 0.1) is 5.41 Å². The quantitative estimate of drug-likeness (QED) is 0.527. The fraction of sp³-hybridized carbons (Fsp3) is 0.500. The number of carbonyl (C=O) groups is 1. The summed E-state index contributed by atoms with van der Waals surface area (Å²) in [6.07, 6.45) is 3.84. The van der Waals surface area contributed by atoms with Crippen molar-refractivity contribution in [1.82, 2.24) is 4.90 Å². The lowest BCUT2D eigenvalue weighted by atomic mass is 9.72. The second kappa shape index (κ2) is 9.96. The molecule has 2 atom stereocenters. The van der Waals surface area contributed by atoms with E-state index in [1.807, 2.05) is 6.07 Å². The number of carboxylic acid groups (broad SMARTS) is 1. The van der Waals surface area contributed by atoms with Crippen molar-refractivity contribution in [3.8, 4) is 0 Å². The molecule has 0 bridgehead atoms. The number of likely N-dealkylation sites (tertiary alicyclic amines) is 1. The number of piperidine rings is 1. The van der Waals surface area contributed by atoms with Gasteiger partial charge < -0.3 is 15.2 Å². The number of benzene rings is 2. The van der Waals surface area contributed by atoms with Crippen molar-refractivity contribution < 1.29 is 24.3 Å². The molecule has 2 aliphatic rings. The fourth-order valence-corrected chi connectivity index (χ4v) is 5.74. The monoisotopic (exact) mass is 453 g/mol. The molecule has 5 nitrogen and oxygen atoms in total. The highest BCUT2D eigenvalue weighted by atomic mass is 19.1. The predicted octanol–water partition coefficient (Wildman–Crippen LogP) is 3.97. The largest absolute Gasteiger partial charge is 0.481 e. The molecule has 0 unspecified atom stereocenters. The smallest absolute Gasteiger partial charge is 0.451 e. The zero-order chi connectivity index (χ0) is 23.6. The Labute approximate surface area is 195 Å². The summed E-state index contributed by atoms with van der Waals surface area (Å²) in [5.41, 5.74) is 2.29. The van der Waals surface area contributed by atoms with Gasteiger partial charge in [-0.15, -0.1) is 0 Å². The van der Waals surface area contributed by atoms with Gasteiger partial charge in [0.25, 0.3) is 0 Å². The first kappa shape index (κ1) is 23.9. The predicted molar refractivity (Wildman–Crippen MR) is 127 cm³/mol.